The second-order valence-electron chi connectivity index (χ2n) is 5.03. The van der Waals surface area contributed by atoms with E-state index >= 15 is 0 Å². The highest BCUT2D eigenvalue weighted by molar-refractivity contribution is 9.10. The van der Waals surface area contributed by atoms with Crippen molar-refractivity contribution in [3.05, 3.63) is 26.8 Å². The summed E-state index contributed by atoms with van der Waals surface area (Å²) < 4.78 is 2.32. The summed E-state index contributed by atoms with van der Waals surface area (Å²) in [6.45, 7) is 3.82. The summed E-state index contributed by atoms with van der Waals surface area (Å²) in [5.41, 5.74) is 0.0287. The molecular weight excluding hydrogens is 294 g/mol. The number of rotatable bonds is 3. The largest absolute Gasteiger partial charge is 0.303 e. The lowest BCUT2D eigenvalue weighted by Gasteiger charge is -2.32. The average Bonchev–Trinajstić information content (AvgIpc) is 2.36. The average molecular weight is 314 g/mol. The van der Waals surface area contributed by atoms with Crippen molar-refractivity contribution in [1.29, 1.82) is 0 Å². The lowest BCUT2D eigenvalue weighted by atomic mass is 10.0. The fraction of sp³-hybridized carbons (Fsp3) is 0.692. The lowest BCUT2D eigenvalue weighted by Crippen LogP contribution is -2.38. The van der Waals surface area contributed by atoms with E-state index in [1.54, 1.807) is 10.8 Å². The van der Waals surface area contributed by atoms with Gasteiger partial charge < -0.3 is 4.90 Å². The highest BCUT2D eigenvalue weighted by atomic mass is 79.9. The molecule has 5 heteroatoms. The maximum absolute atomic E-state index is 12.0. The molecule has 0 saturated carbocycles. The van der Waals surface area contributed by atoms with Crippen LogP contribution in [0.15, 0.2) is 15.5 Å². The van der Waals surface area contributed by atoms with Crippen LogP contribution in [0.1, 0.15) is 31.5 Å². The molecule has 0 amide bonds. The van der Waals surface area contributed by atoms with Gasteiger partial charge in [-0.05, 0) is 55.7 Å². The summed E-state index contributed by atoms with van der Waals surface area (Å²) in [5.74, 6) is 0.793. The van der Waals surface area contributed by atoms with Crippen LogP contribution < -0.4 is 5.56 Å². The molecule has 1 aromatic heterocycles. The summed E-state index contributed by atoms with van der Waals surface area (Å²) >= 11 is 3.25. The smallest absolute Gasteiger partial charge is 0.267 e. The molecule has 0 aromatic carbocycles. The fourth-order valence-corrected chi connectivity index (χ4v) is 2.92. The first-order valence-corrected chi connectivity index (χ1v) is 7.31. The molecule has 2 rings (SSSR count). The Morgan fingerprint density at radius 2 is 2.28 bits per heavy atom. The Labute approximate surface area is 116 Å². The van der Waals surface area contributed by atoms with Gasteiger partial charge in [-0.25, -0.2) is 4.98 Å². The zero-order valence-corrected chi connectivity index (χ0v) is 12.6. The van der Waals surface area contributed by atoms with E-state index in [0.717, 1.165) is 18.8 Å². The van der Waals surface area contributed by atoms with Gasteiger partial charge in [0.2, 0.25) is 0 Å². The molecule has 0 aliphatic carbocycles. The zero-order chi connectivity index (χ0) is 13.1. The van der Waals surface area contributed by atoms with Crippen LogP contribution in [0, 0.1) is 6.92 Å². The van der Waals surface area contributed by atoms with E-state index in [1.165, 1.54) is 25.8 Å². The number of likely N-dealkylation sites (tertiary alicyclic amines) is 1. The molecule has 0 bridgehead atoms. The molecular formula is C13H20BrN3O. The van der Waals surface area contributed by atoms with E-state index in [4.69, 9.17) is 0 Å². The van der Waals surface area contributed by atoms with Crippen LogP contribution >= 0.6 is 15.9 Å². The van der Waals surface area contributed by atoms with Gasteiger partial charge in [0.1, 0.15) is 10.3 Å². The predicted octanol–water partition coefficient (Wildman–Crippen LogP) is 2.19. The summed E-state index contributed by atoms with van der Waals surface area (Å²) in [6.07, 6.45) is 6.45. The Morgan fingerprint density at radius 3 is 3.00 bits per heavy atom. The van der Waals surface area contributed by atoms with E-state index in [9.17, 15) is 4.79 Å². The number of nitrogens with zero attached hydrogens (tertiary/aromatic N) is 3. The zero-order valence-electron chi connectivity index (χ0n) is 11.0. The Kier molecular flexibility index (Phi) is 4.56. The molecule has 1 saturated heterocycles. The quantitative estimate of drug-likeness (QED) is 0.858. The van der Waals surface area contributed by atoms with Crippen molar-refractivity contribution in [3.8, 4) is 0 Å². The van der Waals surface area contributed by atoms with Crippen molar-refractivity contribution < 1.29 is 0 Å². The van der Waals surface area contributed by atoms with Crippen LogP contribution in [0.3, 0.4) is 0 Å². The molecule has 1 aromatic rings. The summed E-state index contributed by atoms with van der Waals surface area (Å²) in [5, 5.41) is 0. The second kappa shape index (κ2) is 5.97. The number of hydrogen-bond donors (Lipinski definition) is 0. The Balaban J connectivity index is 2.06. The highest BCUT2D eigenvalue weighted by Crippen LogP contribution is 2.18. The van der Waals surface area contributed by atoms with E-state index in [2.05, 4.69) is 32.9 Å². The van der Waals surface area contributed by atoms with Crippen molar-refractivity contribution in [2.45, 2.75) is 45.2 Å². The van der Waals surface area contributed by atoms with Gasteiger partial charge in [0, 0.05) is 18.8 Å². The van der Waals surface area contributed by atoms with Gasteiger partial charge in [-0.2, -0.15) is 0 Å². The third kappa shape index (κ3) is 3.01. The molecule has 1 unspecified atom stereocenters. The third-order valence-electron chi connectivity index (χ3n) is 3.81. The molecule has 4 nitrogen and oxygen atoms in total. The van der Waals surface area contributed by atoms with Gasteiger partial charge in [-0.3, -0.25) is 9.36 Å². The van der Waals surface area contributed by atoms with Crippen LogP contribution in [0.25, 0.3) is 0 Å². The number of aryl methyl sites for hydroxylation is 1. The molecule has 0 radical (unpaired) electrons. The molecule has 1 aliphatic rings. The van der Waals surface area contributed by atoms with Crippen molar-refractivity contribution in [1.82, 2.24) is 14.5 Å². The summed E-state index contributed by atoms with van der Waals surface area (Å²) in [4.78, 5) is 18.6. The van der Waals surface area contributed by atoms with Gasteiger partial charge in [0.25, 0.3) is 5.56 Å². The minimum Gasteiger partial charge on any atom is -0.303 e. The normalized spacial score (nSPS) is 21.2. The molecule has 0 N–H and O–H groups in total. The van der Waals surface area contributed by atoms with Crippen LogP contribution in [-0.2, 0) is 6.54 Å². The fourth-order valence-electron chi connectivity index (χ4n) is 2.60. The van der Waals surface area contributed by atoms with E-state index in [1.807, 2.05) is 6.92 Å². The van der Waals surface area contributed by atoms with Gasteiger partial charge >= 0.3 is 0 Å². The minimum absolute atomic E-state index is 0.0287. The van der Waals surface area contributed by atoms with Crippen LogP contribution in [0.5, 0.6) is 0 Å². The highest BCUT2D eigenvalue weighted by Gasteiger charge is 2.19. The molecule has 100 valence electrons. The molecule has 18 heavy (non-hydrogen) atoms. The first-order chi connectivity index (χ1) is 8.59. The maximum atomic E-state index is 12.0. The Bertz CT molecular complexity index is 472. The maximum Gasteiger partial charge on any atom is 0.267 e. The van der Waals surface area contributed by atoms with Gasteiger partial charge in [-0.15, -0.1) is 0 Å². The number of hydrogen-bond acceptors (Lipinski definition) is 3. The van der Waals surface area contributed by atoms with Gasteiger partial charge in [0.05, 0.1) is 0 Å². The van der Waals surface area contributed by atoms with Gasteiger partial charge in [0.15, 0.2) is 0 Å². The molecule has 1 atom stereocenters. The minimum atomic E-state index is 0.0287. The van der Waals surface area contributed by atoms with Crippen LogP contribution in [0.2, 0.25) is 0 Å². The van der Waals surface area contributed by atoms with Gasteiger partial charge in [-0.1, -0.05) is 6.42 Å². The van der Waals surface area contributed by atoms with E-state index < -0.39 is 0 Å². The van der Waals surface area contributed by atoms with E-state index in [-0.39, 0.29) is 5.56 Å². The topological polar surface area (TPSA) is 38.1 Å². The first kappa shape index (κ1) is 13.7. The van der Waals surface area contributed by atoms with Crippen molar-refractivity contribution in [3.63, 3.8) is 0 Å². The summed E-state index contributed by atoms with van der Waals surface area (Å²) in [6, 6.07) is 0.601. The number of halogens is 1. The van der Waals surface area contributed by atoms with Crippen molar-refractivity contribution >= 4 is 15.9 Å². The van der Waals surface area contributed by atoms with Crippen molar-refractivity contribution in [2.75, 3.05) is 13.6 Å². The second-order valence-corrected chi connectivity index (χ2v) is 5.88. The number of piperidine rings is 1. The lowest BCUT2D eigenvalue weighted by molar-refractivity contribution is 0.170. The Morgan fingerprint density at radius 1 is 1.50 bits per heavy atom. The van der Waals surface area contributed by atoms with Crippen LogP contribution in [-0.4, -0.2) is 34.1 Å². The van der Waals surface area contributed by atoms with E-state index in [0.29, 0.717) is 10.5 Å². The third-order valence-corrected chi connectivity index (χ3v) is 4.36. The molecule has 0 spiro atoms. The standard InChI is InChI=1S/C13H20BrN3O/c1-10-15-9-12(14)13(18)17(10)8-6-11-5-3-4-7-16(11)2/h9,11H,3-8H2,1-2H3. The SMILES string of the molecule is Cc1ncc(Br)c(=O)n1CCC1CCCCN1C. The molecule has 1 aliphatic heterocycles. The summed E-state index contributed by atoms with van der Waals surface area (Å²) in [7, 11) is 2.18. The predicted molar refractivity (Wildman–Crippen MR) is 75.8 cm³/mol. The number of aromatic nitrogens is 2. The molecule has 2 heterocycles. The first-order valence-electron chi connectivity index (χ1n) is 6.52. The molecule has 1 fully saturated rings. The van der Waals surface area contributed by atoms with Crippen LogP contribution in [0.4, 0.5) is 0 Å². The monoisotopic (exact) mass is 313 g/mol. The Hall–Kier alpha value is -0.680. The van der Waals surface area contributed by atoms with Crippen molar-refractivity contribution in [2.24, 2.45) is 0 Å².